The van der Waals surface area contributed by atoms with Gasteiger partial charge in [-0.15, -0.1) is 0 Å². The van der Waals surface area contributed by atoms with Crippen molar-refractivity contribution < 1.29 is 19.5 Å². The summed E-state index contributed by atoms with van der Waals surface area (Å²) in [5.41, 5.74) is 1.65. The van der Waals surface area contributed by atoms with Crippen molar-refractivity contribution in [3.8, 4) is 0 Å². The predicted octanol–water partition coefficient (Wildman–Crippen LogP) is 2.62. The minimum Gasteiger partial charge on any atom is -0.477 e. The molecule has 1 aliphatic carbocycles. The van der Waals surface area contributed by atoms with E-state index in [-0.39, 0.29) is 35.0 Å². The maximum absolute atomic E-state index is 12.3. The van der Waals surface area contributed by atoms with Crippen molar-refractivity contribution in [3.63, 3.8) is 0 Å². The molecule has 1 unspecified atom stereocenters. The predicted molar refractivity (Wildman–Crippen MR) is 94.9 cm³/mol. The molecule has 0 bridgehead atoms. The molecule has 2 aromatic rings. The molecular weight excluding hydrogens is 334 g/mol. The number of carbonyl (C=O) groups excluding carboxylic acids is 2. The standard InChI is InChI=1S/C19H19N3O4/c1-11(21-18(24)14-8-9-20-16(10-14)19(25)26)12-4-6-15(7-5-12)22-17(23)13-2-3-13/h4-11,13H,2-3H2,1H3,(H,21,24)(H,22,23)(H,25,26). The zero-order valence-corrected chi connectivity index (χ0v) is 14.2. The Kier molecular flexibility index (Phi) is 4.97. The fourth-order valence-corrected chi connectivity index (χ4v) is 2.50. The Morgan fingerprint density at radius 2 is 1.85 bits per heavy atom. The number of nitrogens with one attached hydrogen (secondary N) is 2. The number of amides is 2. The zero-order valence-electron chi connectivity index (χ0n) is 14.2. The van der Waals surface area contributed by atoms with Crippen molar-refractivity contribution in [3.05, 3.63) is 59.4 Å². The lowest BCUT2D eigenvalue weighted by molar-refractivity contribution is -0.117. The fourth-order valence-electron chi connectivity index (χ4n) is 2.50. The molecule has 1 saturated carbocycles. The maximum atomic E-state index is 12.3. The summed E-state index contributed by atoms with van der Waals surface area (Å²) < 4.78 is 0. The number of nitrogens with zero attached hydrogens (tertiary/aromatic N) is 1. The Labute approximate surface area is 150 Å². The van der Waals surface area contributed by atoms with Crippen LogP contribution >= 0.6 is 0 Å². The van der Waals surface area contributed by atoms with Gasteiger partial charge in [-0.05, 0) is 49.6 Å². The first-order chi connectivity index (χ1) is 12.4. The summed E-state index contributed by atoms with van der Waals surface area (Å²) in [5.74, 6) is -1.37. The van der Waals surface area contributed by atoms with Crippen LogP contribution in [0.1, 0.15) is 52.2 Å². The highest BCUT2D eigenvalue weighted by Crippen LogP contribution is 2.30. The van der Waals surface area contributed by atoms with E-state index in [1.54, 1.807) is 12.1 Å². The molecule has 26 heavy (non-hydrogen) atoms. The quantitative estimate of drug-likeness (QED) is 0.740. The third-order valence-corrected chi connectivity index (χ3v) is 4.22. The van der Waals surface area contributed by atoms with Crippen LogP contribution in [0.3, 0.4) is 0 Å². The lowest BCUT2D eigenvalue weighted by Gasteiger charge is -2.15. The van der Waals surface area contributed by atoms with Gasteiger partial charge in [-0.1, -0.05) is 12.1 Å². The molecule has 1 aromatic heterocycles. The summed E-state index contributed by atoms with van der Waals surface area (Å²) in [7, 11) is 0. The molecule has 1 heterocycles. The number of hydrogen-bond acceptors (Lipinski definition) is 4. The van der Waals surface area contributed by atoms with Crippen molar-refractivity contribution in [1.82, 2.24) is 10.3 Å². The molecule has 0 saturated heterocycles. The number of pyridine rings is 1. The molecule has 3 rings (SSSR count). The highest BCUT2D eigenvalue weighted by atomic mass is 16.4. The number of benzene rings is 1. The summed E-state index contributed by atoms with van der Waals surface area (Å²) in [5, 5.41) is 14.6. The van der Waals surface area contributed by atoms with Crippen molar-refractivity contribution >= 4 is 23.5 Å². The molecule has 7 heteroatoms. The Balaban J connectivity index is 1.62. The average molecular weight is 353 g/mol. The van der Waals surface area contributed by atoms with E-state index in [9.17, 15) is 14.4 Å². The van der Waals surface area contributed by atoms with Gasteiger partial charge in [0.15, 0.2) is 0 Å². The molecule has 0 spiro atoms. The van der Waals surface area contributed by atoms with E-state index >= 15 is 0 Å². The number of anilines is 1. The number of carboxylic acid groups (broad SMARTS) is 1. The Bertz CT molecular complexity index is 844. The van der Waals surface area contributed by atoms with Crippen molar-refractivity contribution in [2.24, 2.45) is 5.92 Å². The van der Waals surface area contributed by atoms with Gasteiger partial charge in [-0.3, -0.25) is 9.59 Å². The van der Waals surface area contributed by atoms with Crippen LogP contribution in [-0.4, -0.2) is 27.9 Å². The summed E-state index contributed by atoms with van der Waals surface area (Å²) in [6.07, 6.45) is 3.19. The maximum Gasteiger partial charge on any atom is 0.354 e. The van der Waals surface area contributed by atoms with Gasteiger partial charge in [-0.2, -0.15) is 0 Å². The summed E-state index contributed by atoms with van der Waals surface area (Å²) in [6.45, 7) is 1.83. The minimum absolute atomic E-state index is 0.0472. The lowest BCUT2D eigenvalue weighted by atomic mass is 10.1. The lowest BCUT2D eigenvalue weighted by Crippen LogP contribution is -2.27. The summed E-state index contributed by atoms with van der Waals surface area (Å²) >= 11 is 0. The number of carboxylic acids is 1. The SMILES string of the molecule is CC(NC(=O)c1ccnc(C(=O)O)c1)c1ccc(NC(=O)C2CC2)cc1. The fraction of sp³-hybridized carbons (Fsp3) is 0.263. The number of aromatic carboxylic acids is 1. The molecule has 7 nitrogen and oxygen atoms in total. The molecule has 134 valence electrons. The third kappa shape index (κ3) is 4.24. The Morgan fingerprint density at radius 3 is 2.46 bits per heavy atom. The van der Waals surface area contributed by atoms with Gasteiger partial charge < -0.3 is 15.7 Å². The monoisotopic (exact) mass is 353 g/mol. The van der Waals surface area contributed by atoms with E-state index in [2.05, 4.69) is 15.6 Å². The van der Waals surface area contributed by atoms with Crippen LogP contribution in [0.2, 0.25) is 0 Å². The van der Waals surface area contributed by atoms with Gasteiger partial charge in [0.05, 0.1) is 6.04 Å². The largest absolute Gasteiger partial charge is 0.477 e. The van der Waals surface area contributed by atoms with E-state index in [4.69, 9.17) is 5.11 Å². The number of aromatic nitrogens is 1. The van der Waals surface area contributed by atoms with E-state index in [1.807, 2.05) is 19.1 Å². The summed E-state index contributed by atoms with van der Waals surface area (Å²) in [6, 6.07) is 9.69. The second kappa shape index (κ2) is 7.35. The molecule has 0 radical (unpaired) electrons. The van der Waals surface area contributed by atoms with Crippen LogP contribution in [0.25, 0.3) is 0 Å². The molecule has 1 aromatic carbocycles. The zero-order chi connectivity index (χ0) is 18.7. The van der Waals surface area contributed by atoms with Gasteiger partial charge in [0.1, 0.15) is 5.69 Å². The second-order valence-corrected chi connectivity index (χ2v) is 6.32. The first-order valence-corrected chi connectivity index (χ1v) is 8.35. The van der Waals surface area contributed by atoms with Crippen LogP contribution in [0.15, 0.2) is 42.6 Å². The average Bonchev–Trinajstić information content (AvgIpc) is 3.47. The molecular formula is C19H19N3O4. The normalized spacial score (nSPS) is 14.3. The molecule has 1 aliphatic rings. The molecule has 2 amide bonds. The van der Waals surface area contributed by atoms with Crippen LogP contribution in [0.4, 0.5) is 5.69 Å². The molecule has 1 fully saturated rings. The number of hydrogen-bond donors (Lipinski definition) is 3. The number of carbonyl (C=O) groups is 3. The van der Waals surface area contributed by atoms with Crippen LogP contribution < -0.4 is 10.6 Å². The van der Waals surface area contributed by atoms with Gasteiger partial charge in [0, 0.05) is 23.4 Å². The van der Waals surface area contributed by atoms with Crippen LogP contribution in [-0.2, 0) is 4.79 Å². The van der Waals surface area contributed by atoms with E-state index in [0.29, 0.717) is 0 Å². The topological polar surface area (TPSA) is 108 Å². The van der Waals surface area contributed by atoms with Gasteiger partial charge >= 0.3 is 5.97 Å². The first-order valence-electron chi connectivity index (χ1n) is 8.35. The van der Waals surface area contributed by atoms with Gasteiger partial charge in [0.25, 0.3) is 5.91 Å². The smallest absolute Gasteiger partial charge is 0.354 e. The second-order valence-electron chi connectivity index (χ2n) is 6.32. The van der Waals surface area contributed by atoms with Crippen molar-refractivity contribution in [1.29, 1.82) is 0 Å². The highest BCUT2D eigenvalue weighted by Gasteiger charge is 2.29. The van der Waals surface area contributed by atoms with Crippen molar-refractivity contribution in [2.45, 2.75) is 25.8 Å². The molecule has 1 atom stereocenters. The first kappa shape index (κ1) is 17.6. The summed E-state index contributed by atoms with van der Waals surface area (Å²) in [4.78, 5) is 38.7. The minimum atomic E-state index is -1.18. The van der Waals surface area contributed by atoms with E-state index < -0.39 is 5.97 Å². The number of rotatable bonds is 6. The van der Waals surface area contributed by atoms with Crippen molar-refractivity contribution in [2.75, 3.05) is 5.32 Å². The molecule has 0 aliphatic heterocycles. The Hall–Kier alpha value is -3.22. The van der Waals surface area contributed by atoms with Gasteiger partial charge in [-0.25, -0.2) is 9.78 Å². The van der Waals surface area contributed by atoms with Gasteiger partial charge in [0.2, 0.25) is 5.91 Å². The van der Waals surface area contributed by atoms with E-state index in [0.717, 1.165) is 24.1 Å². The van der Waals surface area contributed by atoms with Crippen LogP contribution in [0, 0.1) is 5.92 Å². The highest BCUT2D eigenvalue weighted by molar-refractivity contribution is 5.97. The third-order valence-electron chi connectivity index (χ3n) is 4.22. The van der Waals surface area contributed by atoms with Crippen LogP contribution in [0.5, 0.6) is 0 Å². The molecule has 3 N–H and O–H groups in total. The van der Waals surface area contributed by atoms with E-state index in [1.165, 1.54) is 18.3 Å². The Morgan fingerprint density at radius 1 is 1.15 bits per heavy atom.